The maximum absolute atomic E-state index is 9.24. The number of benzene rings is 2. The molecule has 1 heterocycles. The molecule has 3 rings (SSSR count). The zero-order valence-electron chi connectivity index (χ0n) is 12.8. The van der Waals surface area contributed by atoms with Gasteiger partial charge in [-0.05, 0) is 19.1 Å². The summed E-state index contributed by atoms with van der Waals surface area (Å²) in [7, 11) is 0. The fourth-order valence-corrected chi connectivity index (χ4v) is 2.44. The van der Waals surface area contributed by atoms with E-state index < -0.39 is 0 Å². The average Bonchev–Trinajstić information content (AvgIpc) is 2.62. The summed E-state index contributed by atoms with van der Waals surface area (Å²) in [6.07, 6.45) is 0. The number of hydrogen-bond acceptors (Lipinski definition) is 4. The van der Waals surface area contributed by atoms with Crippen molar-refractivity contribution in [2.24, 2.45) is 0 Å². The van der Waals surface area contributed by atoms with Crippen LogP contribution in [0.25, 0.3) is 22.5 Å². The van der Waals surface area contributed by atoms with Crippen LogP contribution in [0.15, 0.2) is 48.5 Å². The Kier molecular flexibility index (Phi) is 4.24. The summed E-state index contributed by atoms with van der Waals surface area (Å²) in [5.41, 5.74) is 3.87. The van der Waals surface area contributed by atoms with Crippen molar-refractivity contribution < 1.29 is 0 Å². The highest BCUT2D eigenvalue weighted by molar-refractivity contribution is 6.30. The molecule has 0 aliphatic heterocycles. The monoisotopic (exact) mass is 330 g/mol. The molecule has 2 aromatic carbocycles. The molecular formula is C19H11ClN4. The van der Waals surface area contributed by atoms with E-state index >= 15 is 0 Å². The van der Waals surface area contributed by atoms with Crippen LogP contribution in [0.1, 0.15) is 17.0 Å². The Morgan fingerprint density at radius 2 is 1.17 bits per heavy atom. The molecule has 0 bridgehead atoms. The van der Waals surface area contributed by atoms with Crippen molar-refractivity contribution in [1.29, 1.82) is 10.5 Å². The average molecular weight is 331 g/mol. The van der Waals surface area contributed by atoms with E-state index in [2.05, 4.69) is 9.97 Å². The van der Waals surface area contributed by atoms with Crippen molar-refractivity contribution in [2.45, 2.75) is 6.92 Å². The van der Waals surface area contributed by atoms with E-state index in [1.54, 1.807) is 12.1 Å². The third-order valence-electron chi connectivity index (χ3n) is 3.55. The maximum atomic E-state index is 9.24. The van der Waals surface area contributed by atoms with Crippen LogP contribution in [0.2, 0.25) is 5.02 Å². The van der Waals surface area contributed by atoms with E-state index in [0.717, 1.165) is 16.7 Å². The molecule has 0 N–H and O–H groups in total. The first-order valence-corrected chi connectivity index (χ1v) is 7.55. The Morgan fingerprint density at radius 1 is 0.750 bits per heavy atom. The van der Waals surface area contributed by atoms with Crippen LogP contribution in [-0.4, -0.2) is 9.97 Å². The standard InChI is InChI=1S/C19H11ClN4/c1-12-2-4-13(5-3-12)18-19(14-6-8-15(20)9-7-14)24-17(11-22)16(10-21)23-18/h2-9H,1H3. The fraction of sp³-hybridized carbons (Fsp3) is 0.0526. The molecule has 0 spiro atoms. The summed E-state index contributed by atoms with van der Waals surface area (Å²) in [6.45, 7) is 2.00. The number of rotatable bonds is 2. The van der Waals surface area contributed by atoms with Crippen LogP contribution >= 0.6 is 11.6 Å². The van der Waals surface area contributed by atoms with Gasteiger partial charge < -0.3 is 0 Å². The topological polar surface area (TPSA) is 73.4 Å². The van der Waals surface area contributed by atoms with E-state index in [1.165, 1.54) is 0 Å². The maximum Gasteiger partial charge on any atom is 0.177 e. The normalized spacial score (nSPS) is 10.0. The van der Waals surface area contributed by atoms with Crippen molar-refractivity contribution >= 4 is 11.6 Å². The first-order chi connectivity index (χ1) is 11.6. The molecule has 5 heteroatoms. The number of hydrogen-bond donors (Lipinski definition) is 0. The summed E-state index contributed by atoms with van der Waals surface area (Å²) in [6, 6.07) is 18.8. The zero-order chi connectivity index (χ0) is 17.1. The van der Waals surface area contributed by atoms with Gasteiger partial charge in [0.1, 0.15) is 12.1 Å². The molecule has 0 unspecified atom stereocenters. The van der Waals surface area contributed by atoms with Gasteiger partial charge in [0.25, 0.3) is 0 Å². The van der Waals surface area contributed by atoms with Crippen molar-refractivity contribution in [2.75, 3.05) is 0 Å². The lowest BCUT2D eigenvalue weighted by atomic mass is 10.0. The molecule has 3 aromatic rings. The number of nitriles is 2. The second-order valence-electron chi connectivity index (χ2n) is 5.21. The minimum Gasteiger partial charge on any atom is -0.232 e. The first kappa shape index (κ1) is 15.7. The molecule has 0 aliphatic carbocycles. The van der Waals surface area contributed by atoms with E-state index in [9.17, 15) is 10.5 Å². The predicted molar refractivity (Wildman–Crippen MR) is 92.1 cm³/mol. The molecule has 0 radical (unpaired) electrons. The Hall–Kier alpha value is -3.21. The van der Waals surface area contributed by atoms with Gasteiger partial charge in [-0.25, -0.2) is 9.97 Å². The SMILES string of the molecule is Cc1ccc(-c2nc(C#N)c(C#N)nc2-c2ccc(Cl)cc2)cc1. The lowest BCUT2D eigenvalue weighted by Crippen LogP contribution is -2.01. The van der Waals surface area contributed by atoms with Crippen LogP contribution < -0.4 is 0 Å². The third kappa shape index (κ3) is 2.96. The van der Waals surface area contributed by atoms with Gasteiger partial charge >= 0.3 is 0 Å². The minimum atomic E-state index is 0.0123. The van der Waals surface area contributed by atoms with E-state index in [0.29, 0.717) is 16.4 Å². The van der Waals surface area contributed by atoms with E-state index in [4.69, 9.17) is 11.6 Å². The fourth-order valence-electron chi connectivity index (χ4n) is 2.31. The van der Waals surface area contributed by atoms with Gasteiger partial charge in [0.05, 0.1) is 11.4 Å². The highest BCUT2D eigenvalue weighted by Gasteiger charge is 2.16. The van der Waals surface area contributed by atoms with Crippen LogP contribution in [0.4, 0.5) is 0 Å². The third-order valence-corrected chi connectivity index (χ3v) is 3.80. The summed E-state index contributed by atoms with van der Waals surface area (Å²) in [5.74, 6) is 0. The molecule has 0 atom stereocenters. The van der Waals surface area contributed by atoms with Gasteiger partial charge in [-0.2, -0.15) is 10.5 Å². The predicted octanol–water partition coefficient (Wildman–Crippen LogP) is 4.52. The number of aromatic nitrogens is 2. The molecule has 0 aliphatic rings. The summed E-state index contributed by atoms with van der Waals surface area (Å²) < 4.78 is 0. The Balaban J connectivity index is 2.29. The molecule has 114 valence electrons. The molecule has 4 nitrogen and oxygen atoms in total. The lowest BCUT2D eigenvalue weighted by Gasteiger charge is -2.10. The van der Waals surface area contributed by atoms with Crippen molar-refractivity contribution in [3.05, 3.63) is 70.5 Å². The summed E-state index contributed by atoms with van der Waals surface area (Å²) in [5, 5.41) is 19.1. The molecule has 0 fully saturated rings. The van der Waals surface area contributed by atoms with Crippen molar-refractivity contribution in [1.82, 2.24) is 9.97 Å². The minimum absolute atomic E-state index is 0.0123. The number of aryl methyl sites for hydroxylation is 1. The van der Waals surface area contributed by atoms with Gasteiger partial charge in [0.15, 0.2) is 11.4 Å². The van der Waals surface area contributed by atoms with Gasteiger partial charge in [0.2, 0.25) is 0 Å². The van der Waals surface area contributed by atoms with Crippen molar-refractivity contribution in [3.8, 4) is 34.7 Å². The molecule has 0 amide bonds. The largest absolute Gasteiger partial charge is 0.232 e. The van der Waals surface area contributed by atoms with Gasteiger partial charge in [-0.1, -0.05) is 53.6 Å². The molecule has 1 aromatic heterocycles. The number of nitrogens with zero attached hydrogens (tertiary/aromatic N) is 4. The molecule has 0 saturated carbocycles. The van der Waals surface area contributed by atoms with Gasteiger partial charge in [0, 0.05) is 16.1 Å². The van der Waals surface area contributed by atoms with E-state index in [-0.39, 0.29) is 11.4 Å². The van der Waals surface area contributed by atoms with Crippen LogP contribution in [0.5, 0.6) is 0 Å². The molecular weight excluding hydrogens is 320 g/mol. The quantitative estimate of drug-likeness (QED) is 0.692. The van der Waals surface area contributed by atoms with Crippen molar-refractivity contribution in [3.63, 3.8) is 0 Å². The van der Waals surface area contributed by atoms with Crippen LogP contribution in [-0.2, 0) is 0 Å². The highest BCUT2D eigenvalue weighted by Crippen LogP contribution is 2.30. The Labute approximate surface area is 144 Å². The summed E-state index contributed by atoms with van der Waals surface area (Å²) >= 11 is 5.95. The van der Waals surface area contributed by atoms with E-state index in [1.807, 2.05) is 55.5 Å². The first-order valence-electron chi connectivity index (χ1n) is 7.17. The highest BCUT2D eigenvalue weighted by atomic mass is 35.5. The molecule has 0 saturated heterocycles. The second kappa shape index (κ2) is 6.50. The zero-order valence-corrected chi connectivity index (χ0v) is 13.5. The summed E-state index contributed by atoms with van der Waals surface area (Å²) in [4.78, 5) is 8.75. The lowest BCUT2D eigenvalue weighted by molar-refractivity contribution is 1.14. The molecule has 24 heavy (non-hydrogen) atoms. The Bertz CT molecular complexity index is 896. The van der Waals surface area contributed by atoms with Crippen LogP contribution in [0.3, 0.4) is 0 Å². The van der Waals surface area contributed by atoms with Gasteiger partial charge in [-0.3, -0.25) is 0 Å². The Morgan fingerprint density at radius 3 is 1.58 bits per heavy atom. The second-order valence-corrected chi connectivity index (χ2v) is 5.65. The number of halogens is 1. The van der Waals surface area contributed by atoms with Gasteiger partial charge in [-0.15, -0.1) is 0 Å². The van der Waals surface area contributed by atoms with Crippen LogP contribution in [0, 0.1) is 29.6 Å². The smallest absolute Gasteiger partial charge is 0.177 e.